The minimum atomic E-state index is -0.377. The van der Waals surface area contributed by atoms with E-state index in [9.17, 15) is 9.59 Å². The van der Waals surface area contributed by atoms with E-state index in [2.05, 4.69) is 14.8 Å². The van der Waals surface area contributed by atoms with Crippen LogP contribution in [-0.2, 0) is 6.54 Å². The lowest BCUT2D eigenvalue weighted by Crippen LogP contribution is -2.47. The van der Waals surface area contributed by atoms with Crippen molar-refractivity contribution in [3.8, 4) is 0 Å². The van der Waals surface area contributed by atoms with Crippen molar-refractivity contribution in [2.75, 3.05) is 37.6 Å². The van der Waals surface area contributed by atoms with Gasteiger partial charge in [-0.05, 0) is 55.4 Å². The molecule has 8 heteroatoms. The maximum atomic E-state index is 12.7. The number of rotatable bonds is 5. The first kappa shape index (κ1) is 20.0. The fraction of sp³-hybridized carbons (Fsp3) is 0.333. The van der Waals surface area contributed by atoms with E-state index in [-0.39, 0.29) is 11.2 Å². The van der Waals surface area contributed by atoms with Crippen LogP contribution in [0.25, 0.3) is 10.9 Å². The quantitative estimate of drug-likeness (QED) is 0.672. The maximum Gasteiger partial charge on any atom is 0.328 e. The molecule has 6 nitrogen and oxygen atoms in total. The van der Waals surface area contributed by atoms with Gasteiger partial charge in [0.2, 0.25) is 0 Å². The first-order valence-electron chi connectivity index (χ1n) is 9.66. The molecule has 1 aromatic heterocycles. The van der Waals surface area contributed by atoms with Gasteiger partial charge in [-0.25, -0.2) is 4.79 Å². The second-order valence-electron chi connectivity index (χ2n) is 7.24. The number of hydrogen-bond acceptors (Lipinski definition) is 4. The van der Waals surface area contributed by atoms with E-state index in [1.165, 1.54) is 10.3 Å². The summed E-state index contributed by atoms with van der Waals surface area (Å²) < 4.78 is 1.27. The van der Waals surface area contributed by atoms with Crippen LogP contribution in [0.2, 0.25) is 10.0 Å². The SMILES string of the molecule is O=c1[nH]c2ccc(Cl)cc2c(=O)n1CCCN1CCN(c2ccc(Cl)cc2)CC1. The van der Waals surface area contributed by atoms with E-state index >= 15 is 0 Å². The van der Waals surface area contributed by atoms with Gasteiger partial charge in [0.15, 0.2) is 0 Å². The molecule has 4 rings (SSSR count). The summed E-state index contributed by atoms with van der Waals surface area (Å²) in [6.45, 7) is 5.00. The predicted molar refractivity (Wildman–Crippen MR) is 119 cm³/mol. The monoisotopic (exact) mass is 432 g/mol. The summed E-state index contributed by atoms with van der Waals surface area (Å²) in [4.78, 5) is 32.4. The van der Waals surface area contributed by atoms with Crippen molar-refractivity contribution >= 4 is 39.8 Å². The fourth-order valence-electron chi connectivity index (χ4n) is 3.76. The highest BCUT2D eigenvalue weighted by Gasteiger charge is 2.17. The average molecular weight is 433 g/mol. The van der Waals surface area contributed by atoms with Crippen molar-refractivity contribution in [2.45, 2.75) is 13.0 Å². The minimum absolute atomic E-state index is 0.293. The summed E-state index contributed by atoms with van der Waals surface area (Å²) in [5.41, 5.74) is 1.03. The zero-order chi connectivity index (χ0) is 20.4. The Morgan fingerprint density at radius 2 is 1.55 bits per heavy atom. The highest BCUT2D eigenvalue weighted by Crippen LogP contribution is 2.19. The van der Waals surface area contributed by atoms with Gasteiger partial charge in [-0.2, -0.15) is 0 Å². The molecule has 152 valence electrons. The molecule has 2 aromatic carbocycles. The van der Waals surface area contributed by atoms with Gasteiger partial charge >= 0.3 is 5.69 Å². The number of anilines is 1. The maximum absolute atomic E-state index is 12.7. The van der Waals surface area contributed by atoms with Crippen LogP contribution in [0, 0.1) is 0 Å². The number of H-pyrrole nitrogens is 1. The molecule has 1 N–H and O–H groups in total. The molecule has 0 aliphatic carbocycles. The van der Waals surface area contributed by atoms with Crippen LogP contribution in [0.5, 0.6) is 0 Å². The van der Waals surface area contributed by atoms with Gasteiger partial charge in [0.05, 0.1) is 10.9 Å². The lowest BCUT2D eigenvalue weighted by atomic mass is 10.2. The van der Waals surface area contributed by atoms with Crippen LogP contribution in [0.3, 0.4) is 0 Å². The summed E-state index contributed by atoms with van der Waals surface area (Å²) in [7, 11) is 0. The number of benzene rings is 2. The zero-order valence-corrected chi connectivity index (χ0v) is 17.4. The molecule has 3 aromatic rings. The van der Waals surface area contributed by atoms with E-state index in [0.29, 0.717) is 22.5 Å². The Kier molecular flexibility index (Phi) is 5.94. The minimum Gasteiger partial charge on any atom is -0.369 e. The third-order valence-electron chi connectivity index (χ3n) is 5.36. The van der Waals surface area contributed by atoms with Gasteiger partial charge in [0, 0.05) is 48.5 Å². The first-order chi connectivity index (χ1) is 14.0. The molecule has 2 heterocycles. The number of nitrogens with one attached hydrogen (secondary N) is 1. The van der Waals surface area contributed by atoms with Crippen molar-refractivity contribution in [1.82, 2.24) is 14.5 Å². The van der Waals surface area contributed by atoms with Gasteiger partial charge < -0.3 is 9.88 Å². The largest absolute Gasteiger partial charge is 0.369 e. The summed E-state index contributed by atoms with van der Waals surface area (Å²) >= 11 is 12.0. The van der Waals surface area contributed by atoms with Crippen molar-refractivity contribution in [3.05, 3.63) is 73.3 Å². The molecular formula is C21H22Cl2N4O2. The van der Waals surface area contributed by atoms with Crippen molar-refractivity contribution in [2.24, 2.45) is 0 Å². The second kappa shape index (κ2) is 8.61. The normalized spacial score (nSPS) is 15.2. The van der Waals surface area contributed by atoms with Crippen LogP contribution in [0.15, 0.2) is 52.1 Å². The molecule has 1 saturated heterocycles. The van der Waals surface area contributed by atoms with Crippen molar-refractivity contribution in [3.63, 3.8) is 0 Å². The predicted octanol–water partition coefficient (Wildman–Crippen LogP) is 3.21. The number of fused-ring (bicyclic) bond motifs is 1. The number of aromatic amines is 1. The Morgan fingerprint density at radius 3 is 2.28 bits per heavy atom. The molecule has 0 amide bonds. The fourth-order valence-corrected chi connectivity index (χ4v) is 4.06. The Hall–Kier alpha value is -2.28. The van der Waals surface area contributed by atoms with Crippen LogP contribution < -0.4 is 16.1 Å². The van der Waals surface area contributed by atoms with E-state index in [1.54, 1.807) is 18.2 Å². The van der Waals surface area contributed by atoms with E-state index in [1.807, 2.05) is 24.3 Å². The molecule has 1 fully saturated rings. The summed E-state index contributed by atoms with van der Waals surface area (Å²) in [5, 5.41) is 1.66. The number of nitrogens with zero attached hydrogens (tertiary/aromatic N) is 3. The molecule has 1 aliphatic heterocycles. The van der Waals surface area contributed by atoms with Crippen LogP contribution in [-0.4, -0.2) is 47.2 Å². The highest BCUT2D eigenvalue weighted by atomic mass is 35.5. The Bertz CT molecular complexity index is 1120. The van der Waals surface area contributed by atoms with Crippen LogP contribution in [0.4, 0.5) is 5.69 Å². The third-order valence-corrected chi connectivity index (χ3v) is 5.85. The Morgan fingerprint density at radius 1 is 0.862 bits per heavy atom. The summed E-state index contributed by atoms with van der Waals surface area (Å²) in [6.07, 6.45) is 0.732. The van der Waals surface area contributed by atoms with Gasteiger partial charge in [-0.3, -0.25) is 14.3 Å². The van der Waals surface area contributed by atoms with E-state index < -0.39 is 0 Å². The third kappa shape index (κ3) is 4.50. The summed E-state index contributed by atoms with van der Waals surface area (Å²) in [6, 6.07) is 12.8. The molecule has 29 heavy (non-hydrogen) atoms. The van der Waals surface area contributed by atoms with Gasteiger partial charge in [0.25, 0.3) is 5.56 Å². The molecule has 0 atom stereocenters. The smallest absolute Gasteiger partial charge is 0.328 e. The summed E-state index contributed by atoms with van der Waals surface area (Å²) in [5.74, 6) is 0. The molecule has 0 saturated carbocycles. The standard InChI is InChI=1S/C21H22Cl2N4O2/c22-15-2-5-17(6-3-15)26-12-10-25(11-13-26)8-1-9-27-20(28)18-14-16(23)4-7-19(18)24-21(27)29/h2-7,14H,1,8-13H2,(H,24,29). The van der Waals surface area contributed by atoms with Crippen molar-refractivity contribution < 1.29 is 0 Å². The Balaban J connectivity index is 1.35. The van der Waals surface area contributed by atoms with Crippen LogP contribution in [0.1, 0.15) is 6.42 Å². The first-order valence-corrected chi connectivity index (χ1v) is 10.4. The van der Waals surface area contributed by atoms with E-state index in [0.717, 1.165) is 44.2 Å². The van der Waals surface area contributed by atoms with E-state index in [4.69, 9.17) is 23.2 Å². The molecule has 1 aliphatic rings. The lowest BCUT2D eigenvalue weighted by Gasteiger charge is -2.36. The number of piperazine rings is 1. The molecule has 0 bridgehead atoms. The van der Waals surface area contributed by atoms with Crippen LogP contribution >= 0.6 is 23.2 Å². The molecule has 0 radical (unpaired) electrons. The Labute approximate surface area is 178 Å². The lowest BCUT2D eigenvalue weighted by molar-refractivity contribution is 0.249. The number of hydrogen-bond donors (Lipinski definition) is 1. The molecule has 0 unspecified atom stereocenters. The van der Waals surface area contributed by atoms with Gasteiger partial charge in [-0.1, -0.05) is 23.2 Å². The number of aromatic nitrogens is 2. The second-order valence-corrected chi connectivity index (χ2v) is 8.11. The average Bonchev–Trinajstić information content (AvgIpc) is 2.72. The molecule has 0 spiro atoms. The van der Waals surface area contributed by atoms with Gasteiger partial charge in [-0.15, -0.1) is 0 Å². The number of halogens is 2. The van der Waals surface area contributed by atoms with Gasteiger partial charge in [0.1, 0.15) is 0 Å². The topological polar surface area (TPSA) is 61.3 Å². The zero-order valence-electron chi connectivity index (χ0n) is 15.9. The molecular weight excluding hydrogens is 411 g/mol. The van der Waals surface area contributed by atoms with Crippen molar-refractivity contribution in [1.29, 1.82) is 0 Å². The highest BCUT2D eigenvalue weighted by molar-refractivity contribution is 6.31.